The van der Waals surface area contributed by atoms with E-state index in [2.05, 4.69) is 62.8 Å². The molecule has 3 nitrogen and oxygen atoms in total. The zero-order valence-corrected chi connectivity index (χ0v) is 13.3. The van der Waals surface area contributed by atoms with Gasteiger partial charge in [-0.05, 0) is 50.6 Å². The minimum absolute atomic E-state index is 0.259. The minimum Gasteiger partial charge on any atom is -0.491 e. The molecule has 110 valence electrons. The van der Waals surface area contributed by atoms with Crippen molar-refractivity contribution in [2.24, 2.45) is 7.05 Å². The Kier molecular flexibility index (Phi) is 4.71. The zero-order chi connectivity index (χ0) is 14.7. The molecular formula is C17H26N2O. The molecule has 1 N–H and O–H groups in total. The lowest BCUT2D eigenvalue weighted by Crippen LogP contribution is -2.12. The molecule has 0 aliphatic rings. The van der Waals surface area contributed by atoms with Crippen molar-refractivity contribution < 1.29 is 4.74 Å². The lowest BCUT2D eigenvalue weighted by atomic mass is 10.1. The van der Waals surface area contributed by atoms with Crippen LogP contribution in [-0.4, -0.2) is 17.2 Å². The number of ether oxygens (including phenoxy) is 1. The normalized spacial score (nSPS) is 12.8. The highest BCUT2D eigenvalue weighted by molar-refractivity contribution is 5.86. The van der Waals surface area contributed by atoms with E-state index in [0.717, 1.165) is 25.3 Å². The van der Waals surface area contributed by atoms with Crippen molar-refractivity contribution in [1.82, 2.24) is 9.88 Å². The fraction of sp³-hybridized carbons (Fsp3) is 0.529. The summed E-state index contributed by atoms with van der Waals surface area (Å²) in [6, 6.07) is 6.42. The van der Waals surface area contributed by atoms with Crippen LogP contribution in [0, 0.1) is 6.92 Å². The number of benzene rings is 1. The summed E-state index contributed by atoms with van der Waals surface area (Å²) in [7, 11) is 2.13. The van der Waals surface area contributed by atoms with Crippen molar-refractivity contribution in [2.45, 2.75) is 46.8 Å². The Morgan fingerprint density at radius 2 is 2.05 bits per heavy atom. The van der Waals surface area contributed by atoms with Gasteiger partial charge < -0.3 is 14.6 Å². The second kappa shape index (κ2) is 6.31. The van der Waals surface area contributed by atoms with Crippen LogP contribution in [0.2, 0.25) is 0 Å². The van der Waals surface area contributed by atoms with E-state index >= 15 is 0 Å². The molecule has 0 bridgehead atoms. The summed E-state index contributed by atoms with van der Waals surface area (Å²) in [6.07, 6.45) is 1.28. The summed E-state index contributed by atoms with van der Waals surface area (Å²) in [5, 5.41) is 4.73. The number of nitrogens with zero attached hydrogens (tertiary/aromatic N) is 1. The van der Waals surface area contributed by atoms with Gasteiger partial charge in [-0.25, -0.2) is 0 Å². The SMILES string of the molecule is CCNCc1c(C)n(C)c2ccc(O[C@H](C)CC)cc12. The predicted molar refractivity (Wildman–Crippen MR) is 85.4 cm³/mol. The molecule has 20 heavy (non-hydrogen) atoms. The zero-order valence-electron chi connectivity index (χ0n) is 13.3. The standard InChI is InChI=1S/C17H26N2O/c1-6-12(3)20-14-8-9-17-15(10-14)16(11-18-7-2)13(4)19(17)5/h8-10,12,18H,6-7,11H2,1-5H3/t12-/m1/s1. The van der Waals surface area contributed by atoms with Gasteiger partial charge in [0.1, 0.15) is 5.75 Å². The van der Waals surface area contributed by atoms with E-state index in [1.165, 1.54) is 22.2 Å². The van der Waals surface area contributed by atoms with E-state index in [0.29, 0.717) is 0 Å². The second-order valence-electron chi connectivity index (χ2n) is 5.42. The van der Waals surface area contributed by atoms with E-state index < -0.39 is 0 Å². The molecule has 0 fully saturated rings. The molecule has 1 heterocycles. The van der Waals surface area contributed by atoms with Crippen LogP contribution in [0.25, 0.3) is 10.9 Å². The topological polar surface area (TPSA) is 26.2 Å². The first-order valence-corrected chi connectivity index (χ1v) is 7.53. The average Bonchev–Trinajstić information content (AvgIpc) is 2.68. The molecule has 1 aromatic carbocycles. The Morgan fingerprint density at radius 3 is 2.70 bits per heavy atom. The lowest BCUT2D eigenvalue weighted by molar-refractivity contribution is 0.217. The molecule has 0 aliphatic heterocycles. The summed E-state index contributed by atoms with van der Waals surface area (Å²) in [4.78, 5) is 0. The van der Waals surface area contributed by atoms with Crippen LogP contribution in [0.4, 0.5) is 0 Å². The van der Waals surface area contributed by atoms with Crippen molar-refractivity contribution in [2.75, 3.05) is 6.54 Å². The minimum atomic E-state index is 0.259. The first kappa shape index (κ1) is 14.9. The van der Waals surface area contributed by atoms with Gasteiger partial charge in [0.05, 0.1) is 6.10 Å². The molecule has 0 spiro atoms. The van der Waals surface area contributed by atoms with E-state index in [1.807, 2.05) is 0 Å². The molecule has 0 saturated carbocycles. The van der Waals surface area contributed by atoms with Gasteiger partial charge in [0.15, 0.2) is 0 Å². The van der Waals surface area contributed by atoms with E-state index in [9.17, 15) is 0 Å². The largest absolute Gasteiger partial charge is 0.491 e. The summed E-state index contributed by atoms with van der Waals surface area (Å²) < 4.78 is 8.21. The maximum Gasteiger partial charge on any atom is 0.120 e. The first-order chi connectivity index (χ1) is 9.58. The highest BCUT2D eigenvalue weighted by atomic mass is 16.5. The number of aryl methyl sites for hydroxylation is 1. The van der Waals surface area contributed by atoms with E-state index in [-0.39, 0.29) is 6.10 Å². The Morgan fingerprint density at radius 1 is 1.30 bits per heavy atom. The number of rotatable bonds is 6. The molecule has 0 unspecified atom stereocenters. The molecule has 1 aromatic heterocycles. The van der Waals surface area contributed by atoms with Crippen molar-refractivity contribution in [3.8, 4) is 5.75 Å². The van der Waals surface area contributed by atoms with Crippen LogP contribution in [0.1, 0.15) is 38.4 Å². The lowest BCUT2D eigenvalue weighted by Gasteiger charge is -2.12. The monoisotopic (exact) mass is 274 g/mol. The van der Waals surface area contributed by atoms with Crippen LogP contribution >= 0.6 is 0 Å². The van der Waals surface area contributed by atoms with Crippen LogP contribution in [0.15, 0.2) is 18.2 Å². The highest BCUT2D eigenvalue weighted by Gasteiger charge is 2.13. The van der Waals surface area contributed by atoms with Gasteiger partial charge in [-0.1, -0.05) is 13.8 Å². The summed E-state index contributed by atoms with van der Waals surface area (Å²) in [5.74, 6) is 0.968. The molecule has 0 amide bonds. The van der Waals surface area contributed by atoms with Crippen LogP contribution in [0.3, 0.4) is 0 Å². The maximum absolute atomic E-state index is 5.95. The Labute approximate surface area is 121 Å². The number of hydrogen-bond donors (Lipinski definition) is 1. The van der Waals surface area contributed by atoms with Crippen LogP contribution in [0.5, 0.6) is 5.75 Å². The van der Waals surface area contributed by atoms with Crippen molar-refractivity contribution in [1.29, 1.82) is 0 Å². The quantitative estimate of drug-likeness (QED) is 0.867. The number of nitrogens with one attached hydrogen (secondary N) is 1. The molecular weight excluding hydrogens is 248 g/mol. The molecule has 0 saturated heterocycles. The summed E-state index contributed by atoms with van der Waals surface area (Å²) >= 11 is 0. The van der Waals surface area contributed by atoms with Gasteiger partial charge in [-0.2, -0.15) is 0 Å². The Hall–Kier alpha value is -1.48. The molecule has 0 aliphatic carbocycles. The highest BCUT2D eigenvalue weighted by Crippen LogP contribution is 2.29. The third-order valence-corrected chi connectivity index (χ3v) is 4.06. The van der Waals surface area contributed by atoms with Crippen LogP contribution < -0.4 is 10.1 Å². The van der Waals surface area contributed by atoms with Gasteiger partial charge in [0.2, 0.25) is 0 Å². The van der Waals surface area contributed by atoms with Crippen LogP contribution in [-0.2, 0) is 13.6 Å². The third-order valence-electron chi connectivity index (χ3n) is 4.06. The maximum atomic E-state index is 5.95. The summed E-state index contributed by atoms with van der Waals surface area (Å²) in [5.41, 5.74) is 3.97. The van der Waals surface area contributed by atoms with Gasteiger partial charge in [-0.3, -0.25) is 0 Å². The summed E-state index contributed by atoms with van der Waals surface area (Å²) in [6.45, 7) is 10.5. The molecule has 0 radical (unpaired) electrons. The first-order valence-electron chi connectivity index (χ1n) is 7.53. The van der Waals surface area contributed by atoms with Crippen molar-refractivity contribution in [3.05, 3.63) is 29.5 Å². The third kappa shape index (κ3) is 2.83. The molecule has 2 aromatic rings. The van der Waals surface area contributed by atoms with Crippen molar-refractivity contribution in [3.63, 3.8) is 0 Å². The number of aromatic nitrogens is 1. The van der Waals surface area contributed by atoms with Gasteiger partial charge in [0.25, 0.3) is 0 Å². The van der Waals surface area contributed by atoms with Gasteiger partial charge >= 0.3 is 0 Å². The van der Waals surface area contributed by atoms with Gasteiger partial charge in [-0.15, -0.1) is 0 Å². The van der Waals surface area contributed by atoms with E-state index in [1.54, 1.807) is 0 Å². The van der Waals surface area contributed by atoms with Gasteiger partial charge in [0, 0.05) is 30.2 Å². The molecule has 3 heteroatoms. The number of hydrogen-bond acceptors (Lipinski definition) is 2. The second-order valence-corrected chi connectivity index (χ2v) is 5.42. The van der Waals surface area contributed by atoms with Crippen molar-refractivity contribution >= 4 is 10.9 Å². The number of fused-ring (bicyclic) bond motifs is 1. The Bertz CT molecular complexity index is 586. The average molecular weight is 274 g/mol. The molecule has 1 atom stereocenters. The molecule has 2 rings (SSSR count). The fourth-order valence-corrected chi connectivity index (χ4v) is 2.49. The Balaban J connectivity index is 2.43. The van der Waals surface area contributed by atoms with E-state index in [4.69, 9.17) is 4.74 Å². The smallest absolute Gasteiger partial charge is 0.120 e. The fourth-order valence-electron chi connectivity index (χ4n) is 2.49. The predicted octanol–water partition coefficient (Wildman–Crippen LogP) is 3.77.